The standard InChI is InChI=1S/C32H39F4N5O4/c1-19-17-41(18-20(2)39(19)4)27-15-25(33)22(21-7-5-11-40(12-8-21)30(44)45-31(3)9-6-10-31)13-26(27)38-29(43)23-16-37-28(42)14-24(23)32(34,35)36/h7,13-16,19-20H,5-6,8-12,17-18H2,1-4H3,(H,37,42)(H,38,43)/t19-,20+. The largest absolute Gasteiger partial charge is 0.443 e. The Labute approximate surface area is 259 Å². The summed E-state index contributed by atoms with van der Waals surface area (Å²) in [6, 6.07) is 3.25. The number of hydrogen-bond acceptors (Lipinski definition) is 6. The molecule has 3 heterocycles. The number of piperazine rings is 1. The van der Waals surface area contributed by atoms with Crippen LogP contribution in [0.4, 0.5) is 33.7 Å². The highest BCUT2D eigenvalue weighted by molar-refractivity contribution is 6.07. The van der Waals surface area contributed by atoms with E-state index in [0.29, 0.717) is 56.3 Å². The number of carbonyl (C=O) groups is 2. The molecule has 1 aliphatic carbocycles. The predicted octanol–water partition coefficient (Wildman–Crippen LogP) is 5.87. The Morgan fingerprint density at radius 3 is 2.40 bits per heavy atom. The lowest BCUT2D eigenvalue weighted by Crippen LogP contribution is -2.55. The molecule has 2 atom stereocenters. The highest BCUT2D eigenvalue weighted by atomic mass is 19.4. The first-order chi connectivity index (χ1) is 21.1. The topological polar surface area (TPSA) is 98.0 Å². The number of ether oxygens (including phenoxy) is 1. The molecule has 1 saturated carbocycles. The van der Waals surface area contributed by atoms with Crippen LogP contribution in [0.5, 0.6) is 0 Å². The smallest absolute Gasteiger partial charge is 0.417 e. The van der Waals surface area contributed by atoms with E-state index in [1.807, 2.05) is 38.8 Å². The van der Waals surface area contributed by atoms with Gasteiger partial charge in [0.25, 0.3) is 5.91 Å². The fourth-order valence-electron chi connectivity index (χ4n) is 6.20. The highest BCUT2D eigenvalue weighted by Crippen LogP contribution is 2.38. The van der Waals surface area contributed by atoms with Crippen molar-refractivity contribution in [1.29, 1.82) is 0 Å². The van der Waals surface area contributed by atoms with Crippen molar-refractivity contribution < 1.29 is 31.9 Å². The first-order valence-corrected chi connectivity index (χ1v) is 15.2. The third kappa shape index (κ3) is 7.03. The number of anilines is 2. The number of H-pyrrole nitrogens is 1. The zero-order valence-electron chi connectivity index (χ0n) is 25.9. The van der Waals surface area contributed by atoms with Gasteiger partial charge in [-0.15, -0.1) is 0 Å². The number of carbonyl (C=O) groups excluding carboxylic acids is 2. The quantitative estimate of drug-likeness (QED) is 0.400. The number of rotatable bonds is 5. The molecule has 0 spiro atoms. The second kappa shape index (κ2) is 12.5. The van der Waals surface area contributed by atoms with Crippen LogP contribution in [0.3, 0.4) is 0 Å². The van der Waals surface area contributed by atoms with Gasteiger partial charge in [-0.2, -0.15) is 13.2 Å². The Bertz CT molecular complexity index is 1540. The van der Waals surface area contributed by atoms with Crippen LogP contribution >= 0.6 is 0 Å². The summed E-state index contributed by atoms with van der Waals surface area (Å²) in [4.78, 5) is 45.7. The van der Waals surface area contributed by atoms with E-state index < -0.39 is 46.3 Å². The first kappa shape index (κ1) is 32.5. The Morgan fingerprint density at radius 1 is 1.09 bits per heavy atom. The fraction of sp³-hybridized carbons (Fsp3) is 0.531. The van der Waals surface area contributed by atoms with Crippen molar-refractivity contribution in [2.24, 2.45) is 0 Å². The molecule has 5 rings (SSSR count). The van der Waals surface area contributed by atoms with E-state index in [1.54, 1.807) is 4.90 Å². The number of nitrogens with one attached hydrogen (secondary N) is 2. The maximum absolute atomic E-state index is 15.9. The molecule has 1 aromatic carbocycles. The lowest BCUT2D eigenvalue weighted by Gasteiger charge is -2.44. The Kier molecular flexibility index (Phi) is 9.03. The fourth-order valence-corrected chi connectivity index (χ4v) is 6.20. The number of amides is 2. The van der Waals surface area contributed by atoms with Gasteiger partial charge >= 0.3 is 12.3 Å². The lowest BCUT2D eigenvalue weighted by atomic mass is 9.82. The molecular weight excluding hydrogens is 594 g/mol. The molecule has 0 bridgehead atoms. The number of aromatic amines is 1. The number of hydrogen-bond donors (Lipinski definition) is 2. The van der Waals surface area contributed by atoms with Crippen LogP contribution in [0.1, 0.15) is 74.4 Å². The van der Waals surface area contributed by atoms with Crippen molar-refractivity contribution >= 4 is 28.9 Å². The van der Waals surface area contributed by atoms with Gasteiger partial charge in [0, 0.05) is 56.1 Å². The summed E-state index contributed by atoms with van der Waals surface area (Å²) in [5.74, 6) is -1.65. The molecule has 1 aromatic heterocycles. The third-order valence-electron chi connectivity index (χ3n) is 9.30. The molecule has 0 unspecified atom stereocenters. The lowest BCUT2D eigenvalue weighted by molar-refractivity contribution is -0.138. The van der Waals surface area contributed by atoms with Crippen LogP contribution in [0.2, 0.25) is 0 Å². The molecule has 2 fully saturated rings. The van der Waals surface area contributed by atoms with Gasteiger partial charge in [0.2, 0.25) is 5.56 Å². The summed E-state index contributed by atoms with van der Waals surface area (Å²) in [6.07, 6.45) is 0.619. The Hall–Kier alpha value is -3.87. The van der Waals surface area contributed by atoms with Crippen molar-refractivity contribution in [2.75, 3.05) is 43.4 Å². The minimum atomic E-state index is -4.95. The van der Waals surface area contributed by atoms with Crippen LogP contribution in [-0.2, 0) is 10.9 Å². The van der Waals surface area contributed by atoms with Crippen LogP contribution in [0, 0.1) is 5.82 Å². The number of aromatic nitrogens is 1. The summed E-state index contributed by atoms with van der Waals surface area (Å²) >= 11 is 0. The molecule has 9 nitrogen and oxygen atoms in total. The van der Waals surface area contributed by atoms with Crippen LogP contribution in [0.15, 0.2) is 35.3 Å². The molecule has 45 heavy (non-hydrogen) atoms. The van der Waals surface area contributed by atoms with E-state index in [4.69, 9.17) is 4.74 Å². The summed E-state index contributed by atoms with van der Waals surface area (Å²) < 4.78 is 63.0. The molecular formula is C32H39F4N5O4. The average molecular weight is 634 g/mol. The van der Waals surface area contributed by atoms with Crippen molar-refractivity contribution in [3.8, 4) is 0 Å². The number of benzene rings is 1. The van der Waals surface area contributed by atoms with Gasteiger partial charge in [-0.1, -0.05) is 6.08 Å². The maximum Gasteiger partial charge on any atom is 0.417 e. The first-order valence-electron chi connectivity index (χ1n) is 15.2. The van der Waals surface area contributed by atoms with Crippen LogP contribution in [-0.4, -0.2) is 77.7 Å². The Balaban J connectivity index is 1.47. The average Bonchev–Trinajstić information content (AvgIpc) is 3.21. The molecule has 2 amide bonds. The molecule has 2 aliphatic heterocycles. The Morgan fingerprint density at radius 2 is 1.78 bits per heavy atom. The summed E-state index contributed by atoms with van der Waals surface area (Å²) in [5, 5.41) is 2.59. The van der Waals surface area contributed by atoms with E-state index >= 15 is 4.39 Å². The van der Waals surface area contributed by atoms with Crippen LogP contribution in [0.25, 0.3) is 5.57 Å². The van der Waals surface area contributed by atoms with Crippen LogP contribution < -0.4 is 15.8 Å². The number of pyridine rings is 1. The molecule has 1 saturated heterocycles. The maximum atomic E-state index is 15.9. The number of likely N-dealkylation sites (N-methyl/N-ethyl adjacent to an activating group) is 1. The van der Waals surface area contributed by atoms with E-state index in [9.17, 15) is 27.6 Å². The van der Waals surface area contributed by atoms with Crippen molar-refractivity contribution in [3.05, 3.63) is 63.3 Å². The van der Waals surface area contributed by atoms with E-state index in [-0.39, 0.29) is 23.3 Å². The van der Waals surface area contributed by atoms with Gasteiger partial charge in [0.15, 0.2) is 0 Å². The van der Waals surface area contributed by atoms with Gasteiger partial charge in [0.05, 0.1) is 22.5 Å². The minimum absolute atomic E-state index is 0.0774. The number of nitrogens with zero attached hydrogens (tertiary/aromatic N) is 3. The summed E-state index contributed by atoms with van der Waals surface area (Å²) in [5.41, 5.74) is -2.32. The zero-order chi connectivity index (χ0) is 32.7. The monoisotopic (exact) mass is 633 g/mol. The van der Waals surface area contributed by atoms with Gasteiger partial charge in [-0.05, 0) is 77.6 Å². The highest BCUT2D eigenvalue weighted by Gasteiger charge is 2.38. The van der Waals surface area contributed by atoms with Gasteiger partial charge in [-0.25, -0.2) is 9.18 Å². The molecule has 3 aliphatic rings. The number of halogens is 4. The van der Waals surface area contributed by atoms with Gasteiger partial charge in [0.1, 0.15) is 11.4 Å². The van der Waals surface area contributed by atoms with E-state index in [0.717, 1.165) is 25.5 Å². The normalized spacial score (nSPS) is 22.3. The molecule has 244 valence electrons. The molecule has 13 heteroatoms. The second-order valence-corrected chi connectivity index (χ2v) is 12.6. The predicted molar refractivity (Wildman–Crippen MR) is 163 cm³/mol. The van der Waals surface area contributed by atoms with Gasteiger partial charge in [-0.3, -0.25) is 14.5 Å². The minimum Gasteiger partial charge on any atom is -0.443 e. The SMILES string of the molecule is C[C@@H]1CN(c2cc(F)c(C3=CCCN(C(=O)OC4(C)CCC4)CC3)cc2NC(=O)c2c[nH]c(=O)cc2C(F)(F)F)C[C@H](C)N1C. The summed E-state index contributed by atoms with van der Waals surface area (Å²) in [7, 11) is 1.98. The van der Waals surface area contributed by atoms with E-state index in [2.05, 4.69) is 15.2 Å². The molecule has 0 radical (unpaired) electrons. The van der Waals surface area contributed by atoms with Crippen molar-refractivity contribution in [1.82, 2.24) is 14.8 Å². The van der Waals surface area contributed by atoms with Crippen molar-refractivity contribution in [2.45, 2.75) is 76.7 Å². The van der Waals surface area contributed by atoms with Gasteiger partial charge < -0.3 is 24.8 Å². The second-order valence-electron chi connectivity index (χ2n) is 12.6. The zero-order valence-corrected chi connectivity index (χ0v) is 25.9. The molecule has 2 N–H and O–H groups in total. The number of alkyl halides is 3. The third-order valence-corrected chi connectivity index (χ3v) is 9.30. The van der Waals surface area contributed by atoms with Crippen molar-refractivity contribution in [3.63, 3.8) is 0 Å². The molecule has 2 aromatic rings. The summed E-state index contributed by atoms with van der Waals surface area (Å²) in [6.45, 7) is 7.62. The van der Waals surface area contributed by atoms with E-state index in [1.165, 1.54) is 12.1 Å².